The summed E-state index contributed by atoms with van der Waals surface area (Å²) in [7, 11) is 0. The maximum absolute atomic E-state index is 12.5. The lowest BCUT2D eigenvalue weighted by atomic mass is 9.95. The van der Waals surface area contributed by atoms with E-state index in [1.165, 1.54) is 0 Å². The molecular formula is C24H38N4O3. The molecule has 1 aromatic rings. The summed E-state index contributed by atoms with van der Waals surface area (Å²) in [5, 5.41) is 6.00. The van der Waals surface area contributed by atoms with Crippen molar-refractivity contribution >= 4 is 23.4 Å². The van der Waals surface area contributed by atoms with E-state index in [4.69, 9.17) is 0 Å². The van der Waals surface area contributed by atoms with Gasteiger partial charge in [0.15, 0.2) is 0 Å². The molecule has 0 saturated carbocycles. The van der Waals surface area contributed by atoms with E-state index in [9.17, 15) is 14.4 Å². The number of rotatable bonds is 9. The third-order valence-electron chi connectivity index (χ3n) is 6.14. The van der Waals surface area contributed by atoms with Crippen LogP contribution >= 0.6 is 0 Å². The zero-order chi connectivity index (χ0) is 23.0. The van der Waals surface area contributed by atoms with Gasteiger partial charge in [0.25, 0.3) is 5.91 Å². The lowest BCUT2D eigenvalue weighted by Crippen LogP contribution is -2.45. The number of carbonyl (C=O) groups excluding carboxylic acids is 3. The van der Waals surface area contributed by atoms with Gasteiger partial charge in [0.2, 0.25) is 11.8 Å². The first kappa shape index (κ1) is 24.9. The SMILES string of the molecule is CCN(CC)C(=O)c1cccc(NC(=O)CN2CCC(C(=O)NC(C)C(C)C)CC2)c1. The standard InChI is InChI=1S/C24H38N4O3/c1-6-28(7-2)24(31)20-9-8-10-21(15-20)26-22(29)16-27-13-11-19(12-14-27)23(30)25-18(5)17(3)4/h8-10,15,17-19H,6-7,11-14,16H2,1-5H3,(H,25,30)(H,26,29). The summed E-state index contributed by atoms with van der Waals surface area (Å²) >= 11 is 0. The highest BCUT2D eigenvalue weighted by molar-refractivity contribution is 5.97. The molecule has 1 heterocycles. The predicted octanol–water partition coefficient (Wildman–Crippen LogP) is 2.98. The van der Waals surface area contributed by atoms with E-state index in [0.717, 1.165) is 25.9 Å². The minimum atomic E-state index is -0.108. The Morgan fingerprint density at radius 3 is 2.32 bits per heavy atom. The van der Waals surface area contributed by atoms with Gasteiger partial charge in [-0.05, 0) is 70.8 Å². The second kappa shape index (κ2) is 11.8. The minimum Gasteiger partial charge on any atom is -0.353 e. The fraction of sp³-hybridized carbons (Fsp3) is 0.625. The molecule has 0 spiro atoms. The zero-order valence-corrected chi connectivity index (χ0v) is 19.6. The van der Waals surface area contributed by atoms with Crippen molar-refractivity contribution in [3.05, 3.63) is 29.8 Å². The molecule has 3 amide bonds. The van der Waals surface area contributed by atoms with E-state index in [1.807, 2.05) is 20.8 Å². The number of hydrogen-bond donors (Lipinski definition) is 2. The smallest absolute Gasteiger partial charge is 0.253 e. The van der Waals surface area contributed by atoms with E-state index in [1.54, 1.807) is 29.2 Å². The second-order valence-corrected chi connectivity index (χ2v) is 8.70. The maximum Gasteiger partial charge on any atom is 0.253 e. The van der Waals surface area contributed by atoms with Crippen molar-refractivity contribution in [1.82, 2.24) is 15.1 Å². The summed E-state index contributed by atoms with van der Waals surface area (Å²) in [6.07, 6.45) is 1.52. The van der Waals surface area contributed by atoms with Crippen LogP contribution in [0.2, 0.25) is 0 Å². The maximum atomic E-state index is 12.5. The largest absolute Gasteiger partial charge is 0.353 e. The number of nitrogens with zero attached hydrogens (tertiary/aromatic N) is 2. The van der Waals surface area contributed by atoms with E-state index >= 15 is 0 Å². The molecule has 31 heavy (non-hydrogen) atoms. The van der Waals surface area contributed by atoms with Gasteiger partial charge < -0.3 is 15.5 Å². The molecule has 0 aliphatic carbocycles. The summed E-state index contributed by atoms with van der Waals surface area (Å²) < 4.78 is 0. The van der Waals surface area contributed by atoms with Crippen molar-refractivity contribution in [2.45, 2.75) is 53.5 Å². The van der Waals surface area contributed by atoms with E-state index in [2.05, 4.69) is 29.4 Å². The van der Waals surface area contributed by atoms with Crippen molar-refractivity contribution in [2.75, 3.05) is 38.0 Å². The number of anilines is 1. The molecule has 1 unspecified atom stereocenters. The van der Waals surface area contributed by atoms with Crippen LogP contribution in [0.1, 0.15) is 57.8 Å². The number of nitrogens with one attached hydrogen (secondary N) is 2. The van der Waals surface area contributed by atoms with E-state index < -0.39 is 0 Å². The van der Waals surface area contributed by atoms with Crippen LogP contribution in [0.3, 0.4) is 0 Å². The van der Waals surface area contributed by atoms with Crippen LogP contribution in [0.25, 0.3) is 0 Å². The monoisotopic (exact) mass is 430 g/mol. The Bertz CT molecular complexity index is 753. The molecular weight excluding hydrogens is 392 g/mol. The third kappa shape index (κ3) is 7.35. The topological polar surface area (TPSA) is 81.8 Å². The van der Waals surface area contributed by atoms with Crippen molar-refractivity contribution in [2.24, 2.45) is 11.8 Å². The van der Waals surface area contributed by atoms with Gasteiger partial charge in [-0.1, -0.05) is 19.9 Å². The quantitative estimate of drug-likeness (QED) is 0.631. The lowest BCUT2D eigenvalue weighted by Gasteiger charge is -2.31. The van der Waals surface area contributed by atoms with Gasteiger partial charge in [-0.2, -0.15) is 0 Å². The van der Waals surface area contributed by atoms with E-state index in [-0.39, 0.29) is 36.2 Å². The molecule has 2 N–H and O–H groups in total. The molecule has 7 heteroatoms. The van der Waals surface area contributed by atoms with Crippen LogP contribution in [-0.4, -0.2) is 66.3 Å². The average molecular weight is 431 g/mol. The van der Waals surface area contributed by atoms with Crippen LogP contribution in [0.5, 0.6) is 0 Å². The average Bonchev–Trinajstić information content (AvgIpc) is 2.75. The highest BCUT2D eigenvalue weighted by atomic mass is 16.2. The number of hydrogen-bond acceptors (Lipinski definition) is 4. The first-order chi connectivity index (χ1) is 14.7. The van der Waals surface area contributed by atoms with E-state index in [0.29, 0.717) is 30.3 Å². The van der Waals surface area contributed by atoms with Gasteiger partial charge in [-0.3, -0.25) is 19.3 Å². The Hall–Kier alpha value is -2.41. The molecule has 0 aromatic heterocycles. The van der Waals surface area contributed by atoms with Crippen LogP contribution in [0.15, 0.2) is 24.3 Å². The van der Waals surface area contributed by atoms with Crippen LogP contribution < -0.4 is 10.6 Å². The first-order valence-corrected chi connectivity index (χ1v) is 11.5. The lowest BCUT2D eigenvalue weighted by molar-refractivity contribution is -0.127. The Kier molecular flexibility index (Phi) is 9.49. The van der Waals surface area contributed by atoms with Gasteiger partial charge >= 0.3 is 0 Å². The van der Waals surface area contributed by atoms with Gasteiger partial charge in [-0.15, -0.1) is 0 Å². The normalized spacial score (nSPS) is 16.1. The molecule has 1 aliphatic heterocycles. The minimum absolute atomic E-state index is 0.0169. The number of benzene rings is 1. The molecule has 172 valence electrons. The van der Waals surface area contributed by atoms with Gasteiger partial charge in [-0.25, -0.2) is 0 Å². The van der Waals surface area contributed by atoms with Crippen LogP contribution in [0, 0.1) is 11.8 Å². The summed E-state index contributed by atoms with van der Waals surface area (Å²) in [4.78, 5) is 41.3. The summed E-state index contributed by atoms with van der Waals surface area (Å²) in [5.74, 6) is 0.411. The highest BCUT2D eigenvalue weighted by Crippen LogP contribution is 2.18. The number of piperidine rings is 1. The molecule has 1 aliphatic rings. The van der Waals surface area contributed by atoms with Gasteiger partial charge in [0.1, 0.15) is 0 Å². The Balaban J connectivity index is 1.83. The predicted molar refractivity (Wildman–Crippen MR) is 124 cm³/mol. The Morgan fingerprint density at radius 1 is 1.10 bits per heavy atom. The number of carbonyl (C=O) groups is 3. The highest BCUT2D eigenvalue weighted by Gasteiger charge is 2.27. The molecule has 1 fully saturated rings. The Morgan fingerprint density at radius 2 is 1.74 bits per heavy atom. The van der Waals surface area contributed by atoms with Crippen LogP contribution in [-0.2, 0) is 9.59 Å². The Labute approximate surface area is 186 Å². The van der Waals surface area contributed by atoms with Crippen molar-refractivity contribution in [3.8, 4) is 0 Å². The van der Waals surface area contributed by atoms with Crippen LogP contribution in [0.4, 0.5) is 5.69 Å². The molecule has 1 saturated heterocycles. The number of amides is 3. The summed E-state index contributed by atoms with van der Waals surface area (Å²) in [6.45, 7) is 13.2. The fourth-order valence-electron chi connectivity index (χ4n) is 3.69. The van der Waals surface area contributed by atoms with Crippen molar-refractivity contribution < 1.29 is 14.4 Å². The van der Waals surface area contributed by atoms with Gasteiger partial charge in [0, 0.05) is 36.3 Å². The first-order valence-electron chi connectivity index (χ1n) is 11.5. The summed E-state index contributed by atoms with van der Waals surface area (Å²) in [5.41, 5.74) is 1.20. The zero-order valence-electron chi connectivity index (χ0n) is 19.6. The number of likely N-dealkylation sites (tertiary alicyclic amines) is 1. The molecule has 2 rings (SSSR count). The fourth-order valence-corrected chi connectivity index (χ4v) is 3.69. The molecule has 0 radical (unpaired) electrons. The summed E-state index contributed by atoms with van der Waals surface area (Å²) in [6, 6.07) is 7.25. The molecule has 0 bridgehead atoms. The van der Waals surface area contributed by atoms with Crippen molar-refractivity contribution in [1.29, 1.82) is 0 Å². The molecule has 7 nitrogen and oxygen atoms in total. The third-order valence-corrected chi connectivity index (χ3v) is 6.14. The molecule has 1 atom stereocenters. The molecule has 1 aromatic carbocycles. The second-order valence-electron chi connectivity index (χ2n) is 8.70. The van der Waals surface area contributed by atoms with Gasteiger partial charge in [0.05, 0.1) is 6.54 Å². The van der Waals surface area contributed by atoms with Crippen molar-refractivity contribution in [3.63, 3.8) is 0 Å².